The number of alkyl halides is 3. The van der Waals surface area contributed by atoms with Gasteiger partial charge in [-0.3, -0.25) is 0 Å². The van der Waals surface area contributed by atoms with Crippen molar-refractivity contribution in [2.24, 2.45) is 5.92 Å². The molecule has 0 aliphatic rings. The zero-order chi connectivity index (χ0) is 15.9. The first-order chi connectivity index (χ1) is 9.92. The first-order valence-electron chi connectivity index (χ1n) is 6.52. The Labute approximate surface area is 121 Å². The highest BCUT2D eigenvalue weighted by molar-refractivity contribution is 5.60. The molecule has 0 aliphatic heterocycles. The Kier molecular flexibility index (Phi) is 6.15. The van der Waals surface area contributed by atoms with Crippen molar-refractivity contribution in [1.29, 1.82) is 5.26 Å². The highest BCUT2D eigenvalue weighted by atomic mass is 19.4. The van der Waals surface area contributed by atoms with E-state index < -0.39 is 18.6 Å². The van der Waals surface area contributed by atoms with Gasteiger partial charge < -0.3 is 14.8 Å². The number of rotatable bonds is 7. The molecule has 0 saturated carbocycles. The van der Waals surface area contributed by atoms with E-state index in [4.69, 9.17) is 14.7 Å². The molecule has 1 N–H and O–H groups in total. The molecule has 1 aromatic carbocycles. The molecule has 0 fully saturated rings. The van der Waals surface area contributed by atoms with Gasteiger partial charge in [-0.1, -0.05) is 0 Å². The standard InChI is InChI=1S/C14H17F3N2O2/c1-3-20-11-5-6-13(21-4-2)12(7-11)19-9-10(8-18)14(15,16)17/h5-7,10,19H,3-4,9H2,1-2H3. The highest BCUT2D eigenvalue weighted by Crippen LogP contribution is 2.31. The van der Waals surface area contributed by atoms with Gasteiger partial charge in [0.2, 0.25) is 0 Å². The number of hydrogen-bond donors (Lipinski definition) is 1. The van der Waals surface area contributed by atoms with E-state index in [0.29, 0.717) is 30.4 Å². The molecule has 0 saturated heterocycles. The van der Waals surface area contributed by atoms with Gasteiger partial charge in [-0.15, -0.1) is 0 Å². The lowest BCUT2D eigenvalue weighted by atomic mass is 10.1. The van der Waals surface area contributed by atoms with Crippen molar-refractivity contribution < 1.29 is 22.6 Å². The van der Waals surface area contributed by atoms with Crippen LogP contribution in [0.3, 0.4) is 0 Å². The van der Waals surface area contributed by atoms with Crippen LogP contribution in [0.25, 0.3) is 0 Å². The first-order valence-corrected chi connectivity index (χ1v) is 6.52. The minimum Gasteiger partial charge on any atom is -0.494 e. The maximum absolute atomic E-state index is 12.6. The first kappa shape index (κ1) is 17.0. The summed E-state index contributed by atoms with van der Waals surface area (Å²) >= 11 is 0. The van der Waals surface area contributed by atoms with E-state index >= 15 is 0 Å². The number of halogens is 3. The molecule has 0 bridgehead atoms. The Bertz CT molecular complexity index is 498. The van der Waals surface area contributed by atoms with E-state index in [1.54, 1.807) is 32.0 Å². The Morgan fingerprint density at radius 1 is 1.24 bits per heavy atom. The molecular weight excluding hydrogens is 285 g/mol. The van der Waals surface area contributed by atoms with Crippen LogP contribution in [0.15, 0.2) is 18.2 Å². The largest absolute Gasteiger partial charge is 0.494 e. The average molecular weight is 302 g/mol. The summed E-state index contributed by atoms with van der Waals surface area (Å²) in [5.41, 5.74) is 0.368. The van der Waals surface area contributed by atoms with Gasteiger partial charge in [-0.05, 0) is 26.0 Å². The fourth-order valence-electron chi connectivity index (χ4n) is 1.63. The van der Waals surface area contributed by atoms with Crippen molar-refractivity contribution in [2.45, 2.75) is 20.0 Å². The summed E-state index contributed by atoms with van der Waals surface area (Å²) in [7, 11) is 0. The minimum absolute atomic E-state index is 0.368. The average Bonchev–Trinajstić information content (AvgIpc) is 2.41. The molecule has 1 atom stereocenters. The summed E-state index contributed by atoms with van der Waals surface area (Å²) in [4.78, 5) is 0. The van der Waals surface area contributed by atoms with Gasteiger partial charge in [-0.2, -0.15) is 18.4 Å². The second-order valence-electron chi connectivity index (χ2n) is 4.13. The molecule has 0 spiro atoms. The van der Waals surface area contributed by atoms with Crippen molar-refractivity contribution >= 4 is 5.69 Å². The van der Waals surface area contributed by atoms with Gasteiger partial charge in [0, 0.05) is 12.6 Å². The smallest absolute Gasteiger partial charge is 0.406 e. The summed E-state index contributed by atoms with van der Waals surface area (Å²) in [6.07, 6.45) is -4.56. The summed E-state index contributed by atoms with van der Waals surface area (Å²) in [6.45, 7) is 3.85. The zero-order valence-corrected chi connectivity index (χ0v) is 11.8. The minimum atomic E-state index is -4.56. The Hall–Kier alpha value is -2.10. The molecular formula is C14H17F3N2O2. The third kappa shape index (κ3) is 5.06. The van der Waals surface area contributed by atoms with Crippen molar-refractivity contribution in [2.75, 3.05) is 25.1 Å². The third-order valence-corrected chi connectivity index (χ3v) is 2.61. The van der Waals surface area contributed by atoms with Crippen molar-refractivity contribution in [3.05, 3.63) is 18.2 Å². The number of ether oxygens (including phenoxy) is 2. The Morgan fingerprint density at radius 2 is 1.90 bits per heavy atom. The maximum atomic E-state index is 12.6. The fourth-order valence-corrected chi connectivity index (χ4v) is 1.63. The number of hydrogen-bond acceptors (Lipinski definition) is 4. The van der Waals surface area contributed by atoms with Gasteiger partial charge in [0.05, 0.1) is 25.0 Å². The maximum Gasteiger partial charge on any atom is 0.406 e. The molecule has 116 valence electrons. The van der Waals surface area contributed by atoms with E-state index in [1.807, 2.05) is 0 Å². The van der Waals surface area contributed by atoms with E-state index in [-0.39, 0.29) is 0 Å². The van der Waals surface area contributed by atoms with E-state index in [0.717, 1.165) is 0 Å². The van der Waals surface area contributed by atoms with Gasteiger partial charge >= 0.3 is 6.18 Å². The van der Waals surface area contributed by atoms with Crippen LogP contribution in [-0.4, -0.2) is 25.9 Å². The summed E-state index contributed by atoms with van der Waals surface area (Å²) < 4.78 is 48.3. The molecule has 0 heterocycles. The highest BCUT2D eigenvalue weighted by Gasteiger charge is 2.39. The molecule has 1 unspecified atom stereocenters. The van der Waals surface area contributed by atoms with Gasteiger partial charge in [0.1, 0.15) is 11.5 Å². The molecule has 0 amide bonds. The predicted octanol–water partition coefficient (Wildman–Crippen LogP) is 3.60. The number of anilines is 1. The van der Waals surface area contributed by atoms with Crippen LogP contribution in [-0.2, 0) is 0 Å². The van der Waals surface area contributed by atoms with Crippen LogP contribution in [0.1, 0.15) is 13.8 Å². The second-order valence-corrected chi connectivity index (χ2v) is 4.13. The van der Waals surface area contributed by atoms with Crippen LogP contribution in [0.2, 0.25) is 0 Å². The summed E-state index contributed by atoms with van der Waals surface area (Å²) in [5.74, 6) is -1.15. The molecule has 0 radical (unpaired) electrons. The van der Waals surface area contributed by atoms with Crippen LogP contribution >= 0.6 is 0 Å². The van der Waals surface area contributed by atoms with Gasteiger partial charge in [0.25, 0.3) is 0 Å². The van der Waals surface area contributed by atoms with Crippen LogP contribution in [0.5, 0.6) is 11.5 Å². The lowest BCUT2D eigenvalue weighted by Crippen LogP contribution is -2.28. The number of benzene rings is 1. The lowest BCUT2D eigenvalue weighted by Gasteiger charge is -2.17. The lowest BCUT2D eigenvalue weighted by molar-refractivity contribution is -0.155. The zero-order valence-electron chi connectivity index (χ0n) is 11.8. The van der Waals surface area contributed by atoms with E-state index in [1.165, 1.54) is 6.07 Å². The van der Waals surface area contributed by atoms with Crippen molar-refractivity contribution in [1.82, 2.24) is 0 Å². The monoisotopic (exact) mass is 302 g/mol. The molecule has 7 heteroatoms. The molecule has 1 rings (SSSR count). The van der Waals surface area contributed by atoms with Gasteiger partial charge in [0.15, 0.2) is 5.92 Å². The number of nitriles is 1. The van der Waals surface area contributed by atoms with E-state index in [2.05, 4.69) is 5.32 Å². The van der Waals surface area contributed by atoms with Crippen LogP contribution < -0.4 is 14.8 Å². The fraction of sp³-hybridized carbons (Fsp3) is 0.500. The Balaban J connectivity index is 2.88. The predicted molar refractivity (Wildman–Crippen MR) is 72.4 cm³/mol. The normalized spacial score (nSPS) is 12.4. The second kappa shape index (κ2) is 7.62. The van der Waals surface area contributed by atoms with Crippen LogP contribution in [0, 0.1) is 17.2 Å². The number of nitrogens with one attached hydrogen (secondary N) is 1. The topological polar surface area (TPSA) is 54.3 Å². The van der Waals surface area contributed by atoms with Gasteiger partial charge in [-0.25, -0.2) is 0 Å². The number of nitrogens with zero attached hydrogens (tertiary/aromatic N) is 1. The van der Waals surface area contributed by atoms with Crippen molar-refractivity contribution in [3.63, 3.8) is 0 Å². The molecule has 0 aromatic heterocycles. The molecule has 4 nitrogen and oxygen atoms in total. The third-order valence-electron chi connectivity index (χ3n) is 2.61. The molecule has 21 heavy (non-hydrogen) atoms. The summed E-state index contributed by atoms with van der Waals surface area (Å²) in [6, 6.07) is 6.09. The van der Waals surface area contributed by atoms with Crippen molar-refractivity contribution in [3.8, 4) is 17.6 Å². The summed E-state index contributed by atoms with van der Waals surface area (Å²) in [5, 5.41) is 11.2. The van der Waals surface area contributed by atoms with E-state index in [9.17, 15) is 13.2 Å². The Morgan fingerprint density at radius 3 is 2.43 bits per heavy atom. The van der Waals surface area contributed by atoms with Crippen LogP contribution in [0.4, 0.5) is 18.9 Å². The quantitative estimate of drug-likeness (QED) is 0.836. The molecule has 0 aliphatic carbocycles. The SMILES string of the molecule is CCOc1ccc(OCC)c(NCC(C#N)C(F)(F)F)c1. The molecule has 1 aromatic rings.